The summed E-state index contributed by atoms with van der Waals surface area (Å²) >= 11 is 0. The van der Waals surface area contributed by atoms with Crippen LogP contribution in [0.15, 0.2) is 158 Å². The highest BCUT2D eigenvalue weighted by Gasteiger charge is 2.22. The summed E-state index contributed by atoms with van der Waals surface area (Å²) in [6, 6.07) is 50.5. The maximum atomic E-state index is 13.7. The fraction of sp³-hybridized carbons (Fsp3) is 0.170. The van der Waals surface area contributed by atoms with Crippen molar-refractivity contribution in [2.45, 2.75) is 45.3 Å². The van der Waals surface area contributed by atoms with Crippen LogP contribution in [0.25, 0.3) is 0 Å². The molecule has 0 aromatic heterocycles. The Bertz CT molecular complexity index is 2190. The smallest absolute Gasteiger partial charge is 0.256 e. The van der Waals surface area contributed by atoms with Crippen molar-refractivity contribution < 1.29 is 28.5 Å². The summed E-state index contributed by atoms with van der Waals surface area (Å²) in [6.45, 7) is 1.31. The molecule has 9 heteroatoms. The lowest BCUT2D eigenvalue weighted by Gasteiger charge is -2.18. The summed E-state index contributed by atoms with van der Waals surface area (Å²) in [5, 5.41) is 15.8. The molecule has 0 aliphatic carbocycles. The molecule has 0 saturated carbocycles. The Morgan fingerprint density at radius 1 is 0.500 bits per heavy atom. The van der Waals surface area contributed by atoms with Crippen LogP contribution in [-0.2, 0) is 26.4 Å². The normalized spacial score (nSPS) is 11.1. The molecule has 282 valence electrons. The van der Waals surface area contributed by atoms with Crippen molar-refractivity contribution in [3.05, 3.63) is 191 Å². The number of carbonyl (C=O) groups excluding carboxylic acids is 2. The lowest BCUT2D eigenvalue weighted by molar-refractivity contribution is 0.0927. The van der Waals surface area contributed by atoms with Crippen molar-refractivity contribution in [2.24, 2.45) is 0 Å². The molecule has 0 aliphatic rings. The standard InChI is InChI=1S/C47H43N3O6/c48-30-39(50-47(52)41-26-14-28-43(54-32-36-18-7-2-8-19-36)45(41)56-34-38-22-11-4-12-23-38)24-15-29-49-46(51)40-25-13-27-42(53-31-35-16-5-1-6-17-35)44(40)55-33-37-20-9-3-10-21-37/h1-14,16-23,25-28,39H,15,24,29,31-34H2,(H,49,51)(H,50,52)/t39-/m1/s1. The van der Waals surface area contributed by atoms with E-state index in [0.717, 1.165) is 22.3 Å². The molecule has 6 aromatic rings. The predicted molar refractivity (Wildman–Crippen MR) is 214 cm³/mol. The van der Waals surface area contributed by atoms with Gasteiger partial charge in [0.2, 0.25) is 0 Å². The van der Waals surface area contributed by atoms with Gasteiger partial charge in [0, 0.05) is 6.54 Å². The fourth-order valence-corrected chi connectivity index (χ4v) is 5.85. The molecule has 2 N–H and O–H groups in total. The first-order chi connectivity index (χ1) is 27.6. The Labute approximate surface area is 327 Å². The van der Waals surface area contributed by atoms with Gasteiger partial charge in [0.05, 0.1) is 17.2 Å². The topological polar surface area (TPSA) is 119 Å². The van der Waals surface area contributed by atoms with Gasteiger partial charge in [-0.3, -0.25) is 9.59 Å². The van der Waals surface area contributed by atoms with Gasteiger partial charge in [-0.2, -0.15) is 5.26 Å². The van der Waals surface area contributed by atoms with Crippen molar-refractivity contribution in [1.29, 1.82) is 5.26 Å². The van der Waals surface area contributed by atoms with Gasteiger partial charge >= 0.3 is 0 Å². The highest BCUT2D eigenvalue weighted by atomic mass is 16.5. The van der Waals surface area contributed by atoms with E-state index in [1.54, 1.807) is 36.4 Å². The number of para-hydroxylation sites is 2. The molecule has 0 heterocycles. The minimum atomic E-state index is -0.824. The lowest BCUT2D eigenvalue weighted by atomic mass is 10.1. The lowest BCUT2D eigenvalue weighted by Crippen LogP contribution is -2.35. The number of hydrogen-bond donors (Lipinski definition) is 2. The highest BCUT2D eigenvalue weighted by molar-refractivity contribution is 5.98. The van der Waals surface area contributed by atoms with Crippen LogP contribution < -0.4 is 29.6 Å². The van der Waals surface area contributed by atoms with E-state index in [4.69, 9.17) is 18.9 Å². The Balaban J connectivity index is 1.08. The Morgan fingerprint density at radius 2 is 0.893 bits per heavy atom. The van der Waals surface area contributed by atoms with Gasteiger partial charge in [0.25, 0.3) is 11.8 Å². The van der Waals surface area contributed by atoms with Crippen molar-refractivity contribution in [3.8, 4) is 29.1 Å². The number of rotatable bonds is 19. The van der Waals surface area contributed by atoms with Crippen LogP contribution in [0, 0.1) is 11.3 Å². The predicted octanol–water partition coefficient (Wildman–Crippen LogP) is 8.83. The minimum Gasteiger partial charge on any atom is -0.485 e. The number of benzene rings is 6. The number of amides is 2. The van der Waals surface area contributed by atoms with E-state index in [2.05, 4.69) is 16.7 Å². The number of carbonyl (C=O) groups is 2. The first kappa shape index (κ1) is 38.7. The van der Waals surface area contributed by atoms with Crippen molar-refractivity contribution in [1.82, 2.24) is 10.6 Å². The average Bonchev–Trinajstić information content (AvgIpc) is 3.25. The summed E-state index contributed by atoms with van der Waals surface area (Å²) in [4.78, 5) is 27.2. The van der Waals surface area contributed by atoms with E-state index in [-0.39, 0.29) is 43.6 Å². The molecule has 0 fully saturated rings. The second kappa shape index (κ2) is 20.4. The van der Waals surface area contributed by atoms with E-state index >= 15 is 0 Å². The minimum absolute atomic E-state index is 0.218. The summed E-state index contributed by atoms with van der Waals surface area (Å²) in [5.41, 5.74) is 4.40. The van der Waals surface area contributed by atoms with Crippen molar-refractivity contribution in [2.75, 3.05) is 6.54 Å². The van der Waals surface area contributed by atoms with Crippen LogP contribution in [0.2, 0.25) is 0 Å². The highest BCUT2D eigenvalue weighted by Crippen LogP contribution is 2.34. The fourth-order valence-electron chi connectivity index (χ4n) is 5.85. The van der Waals surface area contributed by atoms with Gasteiger partial charge in [0.1, 0.15) is 32.5 Å². The van der Waals surface area contributed by atoms with Crippen LogP contribution in [0.3, 0.4) is 0 Å². The molecule has 2 amide bonds. The molecule has 0 aliphatic heterocycles. The van der Waals surface area contributed by atoms with E-state index in [0.29, 0.717) is 42.3 Å². The molecular weight excluding hydrogens is 703 g/mol. The largest absolute Gasteiger partial charge is 0.485 e. The van der Waals surface area contributed by atoms with E-state index in [1.165, 1.54) is 0 Å². The summed E-state index contributed by atoms with van der Waals surface area (Å²) in [7, 11) is 0. The van der Waals surface area contributed by atoms with E-state index < -0.39 is 11.9 Å². The second-order valence-electron chi connectivity index (χ2n) is 12.9. The first-order valence-electron chi connectivity index (χ1n) is 18.5. The maximum absolute atomic E-state index is 13.7. The zero-order valence-corrected chi connectivity index (χ0v) is 30.9. The van der Waals surface area contributed by atoms with Crippen molar-refractivity contribution >= 4 is 11.8 Å². The molecule has 56 heavy (non-hydrogen) atoms. The zero-order chi connectivity index (χ0) is 38.8. The third kappa shape index (κ3) is 11.2. The van der Waals surface area contributed by atoms with Crippen molar-refractivity contribution in [3.63, 3.8) is 0 Å². The molecule has 0 radical (unpaired) electrons. The van der Waals surface area contributed by atoms with Crippen LogP contribution in [0.4, 0.5) is 0 Å². The number of hydrogen-bond acceptors (Lipinski definition) is 7. The molecule has 0 bridgehead atoms. The first-order valence-corrected chi connectivity index (χ1v) is 18.5. The Morgan fingerprint density at radius 3 is 1.30 bits per heavy atom. The average molecular weight is 746 g/mol. The third-order valence-corrected chi connectivity index (χ3v) is 8.79. The molecule has 1 atom stereocenters. The summed E-state index contributed by atoms with van der Waals surface area (Å²) in [5.74, 6) is 0.674. The van der Waals surface area contributed by atoms with Gasteiger partial charge < -0.3 is 29.6 Å². The quantitative estimate of drug-likeness (QED) is 0.0796. The summed E-state index contributed by atoms with van der Waals surface area (Å²) < 4.78 is 24.7. The van der Waals surface area contributed by atoms with Gasteiger partial charge in [0.15, 0.2) is 23.0 Å². The summed E-state index contributed by atoms with van der Waals surface area (Å²) in [6.07, 6.45) is 0.719. The van der Waals surface area contributed by atoms with Crippen LogP contribution in [0.5, 0.6) is 23.0 Å². The number of nitriles is 1. The Kier molecular flexibility index (Phi) is 14.1. The van der Waals surface area contributed by atoms with Gasteiger partial charge in [-0.1, -0.05) is 133 Å². The monoisotopic (exact) mass is 745 g/mol. The molecular formula is C47H43N3O6. The molecule has 0 unspecified atom stereocenters. The zero-order valence-electron chi connectivity index (χ0n) is 30.9. The molecule has 6 aromatic carbocycles. The second-order valence-corrected chi connectivity index (χ2v) is 12.9. The van der Waals surface area contributed by atoms with E-state index in [1.807, 2.05) is 121 Å². The molecule has 9 nitrogen and oxygen atoms in total. The Hall–Kier alpha value is -7.05. The molecule has 0 saturated heterocycles. The number of nitrogens with zero attached hydrogens (tertiary/aromatic N) is 1. The SMILES string of the molecule is N#C[C@@H](CCCNC(=O)c1cccc(OCc2ccccc2)c1OCc1ccccc1)NC(=O)c1cccc(OCc2ccccc2)c1OCc1ccccc1. The van der Waals surface area contributed by atoms with Gasteiger partial charge in [-0.15, -0.1) is 0 Å². The van der Waals surface area contributed by atoms with Gasteiger partial charge in [-0.05, 0) is 59.4 Å². The van der Waals surface area contributed by atoms with Crippen LogP contribution in [0.1, 0.15) is 55.8 Å². The van der Waals surface area contributed by atoms with Crippen LogP contribution >= 0.6 is 0 Å². The number of ether oxygens (including phenoxy) is 4. The van der Waals surface area contributed by atoms with Gasteiger partial charge in [-0.25, -0.2) is 0 Å². The third-order valence-electron chi connectivity index (χ3n) is 8.79. The number of nitrogens with one attached hydrogen (secondary N) is 2. The van der Waals surface area contributed by atoms with E-state index in [9.17, 15) is 14.9 Å². The van der Waals surface area contributed by atoms with Crippen LogP contribution in [-0.4, -0.2) is 24.4 Å². The molecule has 0 spiro atoms. The molecule has 6 rings (SSSR count). The maximum Gasteiger partial charge on any atom is 0.256 e.